The van der Waals surface area contributed by atoms with Crippen LogP contribution in [0.1, 0.15) is 32.3 Å². The number of benzene rings is 1. The molecule has 0 spiro atoms. The van der Waals surface area contributed by atoms with Crippen molar-refractivity contribution in [2.24, 2.45) is 5.92 Å². The average Bonchev–Trinajstić information content (AvgIpc) is 2.44. The van der Waals surface area contributed by atoms with E-state index in [0.29, 0.717) is 24.3 Å². The van der Waals surface area contributed by atoms with Gasteiger partial charge in [0.25, 0.3) is 0 Å². The Labute approximate surface area is 131 Å². The molecule has 0 saturated heterocycles. The minimum Gasteiger partial charge on any atom is -0.381 e. The maximum atomic E-state index is 13.0. The molecule has 1 aromatic rings. The first-order valence-electron chi connectivity index (χ1n) is 7.00. The summed E-state index contributed by atoms with van der Waals surface area (Å²) in [5.41, 5.74) is 0.616. The predicted octanol–water partition coefficient (Wildman–Crippen LogP) is 4.99. The molecule has 0 aromatic heterocycles. The van der Waals surface area contributed by atoms with E-state index in [1.807, 2.05) is 0 Å². The van der Waals surface area contributed by atoms with Gasteiger partial charge in [0.2, 0.25) is 0 Å². The van der Waals surface area contributed by atoms with Gasteiger partial charge >= 0.3 is 0 Å². The first-order chi connectivity index (χ1) is 9.54. The van der Waals surface area contributed by atoms with E-state index in [1.54, 1.807) is 12.1 Å². The minimum absolute atomic E-state index is 0.250. The van der Waals surface area contributed by atoms with Crippen molar-refractivity contribution in [2.45, 2.75) is 32.1 Å². The Morgan fingerprint density at radius 2 is 1.70 bits per heavy atom. The van der Waals surface area contributed by atoms with Crippen molar-refractivity contribution in [2.75, 3.05) is 25.0 Å². The Morgan fingerprint density at radius 3 is 2.20 bits per heavy atom. The molecule has 0 atom stereocenters. The summed E-state index contributed by atoms with van der Waals surface area (Å²) in [5, 5.41) is 0. The average molecular weight is 321 g/mol. The van der Waals surface area contributed by atoms with Gasteiger partial charge in [-0.15, -0.1) is 23.2 Å². The molecule has 1 rings (SSSR count). The summed E-state index contributed by atoms with van der Waals surface area (Å²) in [6, 6.07) is 6.41. The lowest BCUT2D eigenvalue weighted by Crippen LogP contribution is -2.32. The van der Waals surface area contributed by atoms with Crippen molar-refractivity contribution in [3.05, 3.63) is 35.6 Å². The van der Waals surface area contributed by atoms with Crippen molar-refractivity contribution < 1.29 is 9.13 Å². The smallest absolute Gasteiger partial charge is 0.123 e. The van der Waals surface area contributed by atoms with Gasteiger partial charge in [-0.25, -0.2) is 4.39 Å². The van der Waals surface area contributed by atoms with Crippen molar-refractivity contribution in [3.8, 4) is 0 Å². The maximum Gasteiger partial charge on any atom is 0.123 e. The van der Waals surface area contributed by atoms with Crippen molar-refractivity contribution in [1.29, 1.82) is 0 Å². The first-order valence-corrected chi connectivity index (χ1v) is 8.06. The highest BCUT2D eigenvalue weighted by Crippen LogP contribution is 2.31. The number of hydrogen-bond acceptors (Lipinski definition) is 1. The van der Waals surface area contributed by atoms with Crippen LogP contribution in [-0.2, 0) is 10.2 Å². The highest BCUT2D eigenvalue weighted by Gasteiger charge is 2.30. The number of rotatable bonds is 9. The van der Waals surface area contributed by atoms with Gasteiger partial charge in [-0.3, -0.25) is 0 Å². The van der Waals surface area contributed by atoms with Gasteiger partial charge in [0.05, 0.1) is 0 Å². The Morgan fingerprint density at radius 1 is 1.10 bits per heavy atom. The first kappa shape index (κ1) is 17.7. The van der Waals surface area contributed by atoms with Crippen molar-refractivity contribution in [1.82, 2.24) is 0 Å². The van der Waals surface area contributed by atoms with Crippen LogP contribution in [0.25, 0.3) is 0 Å². The Hall–Kier alpha value is -0.310. The van der Waals surface area contributed by atoms with E-state index in [1.165, 1.54) is 12.1 Å². The Kier molecular flexibility index (Phi) is 7.86. The summed E-state index contributed by atoms with van der Waals surface area (Å²) >= 11 is 12.3. The normalized spacial score (nSPS) is 12.1. The largest absolute Gasteiger partial charge is 0.381 e. The number of ether oxygens (including phenoxy) is 1. The van der Waals surface area contributed by atoms with E-state index in [0.717, 1.165) is 25.0 Å². The molecule has 0 aliphatic heterocycles. The third-order valence-electron chi connectivity index (χ3n) is 3.53. The van der Waals surface area contributed by atoms with Gasteiger partial charge in [-0.1, -0.05) is 26.0 Å². The van der Waals surface area contributed by atoms with E-state index < -0.39 is 0 Å². The lowest BCUT2D eigenvalue weighted by Gasteiger charge is -2.30. The number of hydrogen-bond donors (Lipinski definition) is 0. The number of alkyl halides is 2. The monoisotopic (exact) mass is 320 g/mol. The maximum absolute atomic E-state index is 13.0. The van der Waals surface area contributed by atoms with Gasteiger partial charge in [0.1, 0.15) is 5.82 Å². The fourth-order valence-electron chi connectivity index (χ4n) is 1.96. The van der Waals surface area contributed by atoms with Crippen LogP contribution in [0.15, 0.2) is 24.3 Å². The predicted molar refractivity (Wildman–Crippen MR) is 84.4 cm³/mol. The van der Waals surface area contributed by atoms with Crippen molar-refractivity contribution >= 4 is 23.2 Å². The second-order valence-corrected chi connectivity index (χ2v) is 6.13. The standard InChI is InChI=1S/C16H23Cl2FO/c1-13(2)7-9-20-10-8-16(11-17,12-18)14-3-5-15(19)6-4-14/h3-6,13H,7-12H2,1-2H3. The summed E-state index contributed by atoms with van der Waals surface area (Å²) < 4.78 is 18.7. The third kappa shape index (κ3) is 5.23. The van der Waals surface area contributed by atoms with Crippen LogP contribution in [0, 0.1) is 11.7 Å². The molecule has 0 N–H and O–H groups in total. The molecule has 0 unspecified atom stereocenters. The van der Waals surface area contributed by atoms with Gasteiger partial charge in [0, 0.05) is 30.4 Å². The van der Waals surface area contributed by atoms with Crippen LogP contribution >= 0.6 is 23.2 Å². The van der Waals surface area contributed by atoms with E-state index in [-0.39, 0.29) is 11.2 Å². The lowest BCUT2D eigenvalue weighted by atomic mass is 9.81. The Bertz CT molecular complexity index is 375. The van der Waals surface area contributed by atoms with Crippen LogP contribution in [-0.4, -0.2) is 25.0 Å². The summed E-state index contributed by atoms with van der Waals surface area (Å²) in [5.74, 6) is 1.18. The van der Waals surface area contributed by atoms with Gasteiger partial charge in [-0.2, -0.15) is 0 Å². The molecular formula is C16H23Cl2FO. The zero-order valence-corrected chi connectivity index (χ0v) is 13.7. The summed E-state index contributed by atoms with van der Waals surface area (Å²) in [7, 11) is 0. The van der Waals surface area contributed by atoms with E-state index in [4.69, 9.17) is 27.9 Å². The fraction of sp³-hybridized carbons (Fsp3) is 0.625. The quantitative estimate of drug-likeness (QED) is 0.460. The van der Waals surface area contributed by atoms with E-state index in [9.17, 15) is 4.39 Å². The van der Waals surface area contributed by atoms with Crippen LogP contribution < -0.4 is 0 Å². The topological polar surface area (TPSA) is 9.23 Å². The molecule has 0 aliphatic carbocycles. The molecule has 20 heavy (non-hydrogen) atoms. The second kappa shape index (κ2) is 8.86. The van der Waals surface area contributed by atoms with Gasteiger partial charge in [0.15, 0.2) is 0 Å². The molecule has 0 aliphatic rings. The third-order valence-corrected chi connectivity index (χ3v) is 4.56. The lowest BCUT2D eigenvalue weighted by molar-refractivity contribution is 0.109. The second-order valence-electron chi connectivity index (χ2n) is 5.60. The zero-order chi connectivity index (χ0) is 15.0. The molecular weight excluding hydrogens is 298 g/mol. The van der Waals surface area contributed by atoms with Crippen LogP contribution in [0.3, 0.4) is 0 Å². The molecule has 0 heterocycles. The summed E-state index contributed by atoms with van der Waals surface area (Å²) in [6.45, 7) is 5.71. The van der Waals surface area contributed by atoms with Gasteiger partial charge in [-0.05, 0) is 36.5 Å². The highest BCUT2D eigenvalue weighted by molar-refractivity contribution is 6.22. The molecule has 114 valence electrons. The molecule has 1 aromatic carbocycles. The van der Waals surface area contributed by atoms with Crippen molar-refractivity contribution in [3.63, 3.8) is 0 Å². The SMILES string of the molecule is CC(C)CCOCCC(CCl)(CCl)c1ccc(F)cc1. The Balaban J connectivity index is 2.60. The van der Waals surface area contributed by atoms with E-state index in [2.05, 4.69) is 13.8 Å². The van der Waals surface area contributed by atoms with E-state index >= 15 is 0 Å². The number of halogens is 3. The summed E-state index contributed by atoms with van der Waals surface area (Å²) in [4.78, 5) is 0. The highest BCUT2D eigenvalue weighted by atomic mass is 35.5. The molecule has 0 fully saturated rings. The fourth-order valence-corrected chi connectivity index (χ4v) is 2.82. The summed E-state index contributed by atoms with van der Waals surface area (Å²) in [6.07, 6.45) is 1.79. The van der Waals surface area contributed by atoms with Crippen LogP contribution in [0.5, 0.6) is 0 Å². The van der Waals surface area contributed by atoms with Crippen LogP contribution in [0.4, 0.5) is 4.39 Å². The molecule has 4 heteroatoms. The van der Waals surface area contributed by atoms with Crippen LogP contribution in [0.2, 0.25) is 0 Å². The molecule has 0 saturated carbocycles. The zero-order valence-electron chi connectivity index (χ0n) is 12.2. The molecule has 0 bridgehead atoms. The molecule has 1 nitrogen and oxygen atoms in total. The molecule has 0 radical (unpaired) electrons. The molecule has 0 amide bonds. The van der Waals surface area contributed by atoms with Gasteiger partial charge < -0.3 is 4.74 Å². The minimum atomic E-state index is -0.353.